The monoisotopic (exact) mass is 283 g/mol. The number of piperazine rings is 1. The zero-order valence-corrected chi connectivity index (χ0v) is 13.0. The van der Waals surface area contributed by atoms with Gasteiger partial charge in [-0.3, -0.25) is 4.90 Å². The van der Waals surface area contributed by atoms with Gasteiger partial charge in [-0.25, -0.2) is 4.98 Å². The van der Waals surface area contributed by atoms with E-state index in [1.54, 1.807) is 0 Å². The van der Waals surface area contributed by atoms with Crippen molar-refractivity contribution in [2.75, 3.05) is 44.2 Å². The summed E-state index contributed by atoms with van der Waals surface area (Å²) in [4.78, 5) is 9.48. The molecule has 0 spiro atoms. The fraction of sp³-hybridized carbons (Fsp3) is 0.846. The molecule has 2 heterocycles. The summed E-state index contributed by atoms with van der Waals surface area (Å²) in [5.74, 6) is 1.97. The van der Waals surface area contributed by atoms with Gasteiger partial charge in [0.1, 0.15) is 5.82 Å². The molecule has 1 unspecified atom stereocenters. The van der Waals surface area contributed by atoms with Gasteiger partial charge in [0.15, 0.2) is 0 Å². The van der Waals surface area contributed by atoms with Gasteiger partial charge in [-0.05, 0) is 12.5 Å². The maximum absolute atomic E-state index is 5.68. The molecule has 1 atom stereocenters. The maximum atomic E-state index is 5.68. The molecular formula is C13H25N5S. The van der Waals surface area contributed by atoms with Crippen LogP contribution in [0.4, 0.5) is 5.13 Å². The molecule has 1 aromatic heterocycles. The first-order chi connectivity index (χ1) is 9.10. The van der Waals surface area contributed by atoms with Gasteiger partial charge in [0.25, 0.3) is 0 Å². The Hall–Kier alpha value is -0.720. The summed E-state index contributed by atoms with van der Waals surface area (Å²) >= 11 is 1.53. The molecule has 0 amide bonds. The quantitative estimate of drug-likeness (QED) is 0.884. The van der Waals surface area contributed by atoms with Crippen molar-refractivity contribution in [2.45, 2.75) is 26.7 Å². The molecule has 1 fully saturated rings. The van der Waals surface area contributed by atoms with Gasteiger partial charge in [0.2, 0.25) is 5.13 Å². The Balaban J connectivity index is 1.85. The Morgan fingerprint density at radius 2 is 1.89 bits per heavy atom. The summed E-state index contributed by atoms with van der Waals surface area (Å²) in [6.45, 7) is 12.7. The highest BCUT2D eigenvalue weighted by molar-refractivity contribution is 7.09. The third-order valence-electron chi connectivity index (χ3n) is 3.56. The molecule has 0 aliphatic carbocycles. The molecular weight excluding hydrogens is 258 g/mol. The van der Waals surface area contributed by atoms with Crippen LogP contribution in [0, 0.1) is 5.92 Å². The van der Waals surface area contributed by atoms with E-state index in [-0.39, 0.29) is 0 Å². The predicted molar refractivity (Wildman–Crippen MR) is 80.9 cm³/mol. The molecule has 1 aliphatic heterocycles. The van der Waals surface area contributed by atoms with E-state index in [0.29, 0.717) is 11.8 Å². The highest BCUT2D eigenvalue weighted by Crippen LogP contribution is 2.22. The summed E-state index contributed by atoms with van der Waals surface area (Å²) in [5.41, 5.74) is 5.68. The number of hydrogen-bond acceptors (Lipinski definition) is 6. The van der Waals surface area contributed by atoms with Gasteiger partial charge in [0.05, 0.1) is 0 Å². The molecule has 0 aromatic carbocycles. The van der Waals surface area contributed by atoms with E-state index in [0.717, 1.165) is 50.2 Å². The van der Waals surface area contributed by atoms with Gasteiger partial charge in [-0.1, -0.05) is 20.8 Å². The first-order valence-electron chi connectivity index (χ1n) is 7.11. The smallest absolute Gasteiger partial charge is 0.205 e. The Morgan fingerprint density at radius 1 is 1.21 bits per heavy atom. The number of nitrogens with two attached hydrogens (primary N) is 1. The van der Waals surface area contributed by atoms with E-state index in [2.05, 4.69) is 39.9 Å². The van der Waals surface area contributed by atoms with Crippen LogP contribution in [-0.2, 0) is 0 Å². The van der Waals surface area contributed by atoms with Crippen molar-refractivity contribution in [3.05, 3.63) is 5.82 Å². The lowest BCUT2D eigenvalue weighted by atomic mass is 10.1. The third kappa shape index (κ3) is 3.87. The van der Waals surface area contributed by atoms with E-state index < -0.39 is 0 Å². The van der Waals surface area contributed by atoms with E-state index in [4.69, 9.17) is 5.73 Å². The second-order valence-corrected chi connectivity index (χ2v) is 6.45. The number of rotatable bonds is 5. The van der Waals surface area contributed by atoms with Crippen molar-refractivity contribution in [3.8, 4) is 0 Å². The standard InChI is InChI=1S/C13H25N5S/c1-10(2)12-15-13(19-16-12)18-6-4-17(5-7-18)9-11(3)8-14/h10-11H,4-9,14H2,1-3H3. The van der Waals surface area contributed by atoms with Crippen LogP contribution in [0.25, 0.3) is 0 Å². The van der Waals surface area contributed by atoms with Crippen LogP contribution in [0.3, 0.4) is 0 Å². The lowest BCUT2D eigenvalue weighted by Crippen LogP contribution is -2.48. The SMILES string of the molecule is CC(CN)CN1CCN(c2nc(C(C)C)ns2)CC1. The Labute approximate surface area is 120 Å². The van der Waals surface area contributed by atoms with Gasteiger partial charge < -0.3 is 10.6 Å². The summed E-state index contributed by atoms with van der Waals surface area (Å²) in [7, 11) is 0. The van der Waals surface area contributed by atoms with Crippen molar-refractivity contribution >= 4 is 16.7 Å². The molecule has 1 aromatic rings. The molecule has 1 saturated heterocycles. The van der Waals surface area contributed by atoms with Crippen LogP contribution in [0.15, 0.2) is 0 Å². The van der Waals surface area contributed by atoms with Crippen molar-refractivity contribution < 1.29 is 0 Å². The molecule has 5 nitrogen and oxygen atoms in total. The average molecular weight is 283 g/mol. The van der Waals surface area contributed by atoms with Crippen molar-refractivity contribution in [2.24, 2.45) is 11.7 Å². The minimum atomic E-state index is 0.414. The molecule has 0 bridgehead atoms. The second-order valence-electron chi connectivity index (χ2n) is 5.72. The fourth-order valence-corrected chi connectivity index (χ4v) is 3.09. The van der Waals surface area contributed by atoms with Gasteiger partial charge in [0, 0.05) is 50.2 Å². The summed E-state index contributed by atoms with van der Waals surface area (Å²) in [5, 5.41) is 1.08. The molecule has 108 valence electrons. The van der Waals surface area contributed by atoms with E-state index in [9.17, 15) is 0 Å². The molecule has 2 N–H and O–H groups in total. The first-order valence-corrected chi connectivity index (χ1v) is 7.88. The number of nitrogens with zero attached hydrogens (tertiary/aromatic N) is 4. The largest absolute Gasteiger partial charge is 0.344 e. The number of hydrogen-bond donors (Lipinski definition) is 1. The first kappa shape index (κ1) is 14.7. The zero-order chi connectivity index (χ0) is 13.8. The van der Waals surface area contributed by atoms with Crippen molar-refractivity contribution in [1.82, 2.24) is 14.3 Å². The molecule has 2 rings (SSSR count). The summed E-state index contributed by atoms with van der Waals surface area (Å²) < 4.78 is 4.43. The van der Waals surface area contributed by atoms with Crippen LogP contribution >= 0.6 is 11.5 Å². The van der Waals surface area contributed by atoms with Crippen LogP contribution in [-0.4, -0.2) is 53.5 Å². The topological polar surface area (TPSA) is 58.3 Å². The molecule has 0 radical (unpaired) electrons. The lowest BCUT2D eigenvalue weighted by Gasteiger charge is -2.35. The molecule has 1 aliphatic rings. The van der Waals surface area contributed by atoms with Crippen LogP contribution < -0.4 is 10.6 Å². The highest BCUT2D eigenvalue weighted by Gasteiger charge is 2.21. The van der Waals surface area contributed by atoms with E-state index >= 15 is 0 Å². The van der Waals surface area contributed by atoms with E-state index in [1.807, 2.05) is 0 Å². The Kier molecular flexibility index (Phi) is 5.13. The number of anilines is 1. The normalized spacial score (nSPS) is 19.1. The van der Waals surface area contributed by atoms with Gasteiger partial charge in [-0.2, -0.15) is 4.37 Å². The zero-order valence-electron chi connectivity index (χ0n) is 12.2. The second kappa shape index (κ2) is 6.63. The minimum Gasteiger partial charge on any atom is -0.344 e. The minimum absolute atomic E-state index is 0.414. The molecule has 19 heavy (non-hydrogen) atoms. The van der Waals surface area contributed by atoms with Gasteiger partial charge >= 0.3 is 0 Å². The predicted octanol–water partition coefficient (Wildman–Crippen LogP) is 1.38. The highest BCUT2D eigenvalue weighted by atomic mass is 32.1. The summed E-state index contributed by atoms with van der Waals surface area (Å²) in [6.07, 6.45) is 0. The van der Waals surface area contributed by atoms with Crippen LogP contribution in [0.1, 0.15) is 32.5 Å². The molecule has 0 saturated carbocycles. The summed E-state index contributed by atoms with van der Waals surface area (Å²) in [6, 6.07) is 0. The number of aromatic nitrogens is 2. The average Bonchev–Trinajstić information content (AvgIpc) is 2.89. The lowest BCUT2D eigenvalue weighted by molar-refractivity contribution is 0.227. The Morgan fingerprint density at radius 3 is 2.42 bits per heavy atom. The third-order valence-corrected chi connectivity index (χ3v) is 4.35. The fourth-order valence-electron chi connectivity index (χ4n) is 2.23. The van der Waals surface area contributed by atoms with Crippen LogP contribution in [0.5, 0.6) is 0 Å². The van der Waals surface area contributed by atoms with Crippen molar-refractivity contribution in [3.63, 3.8) is 0 Å². The molecule has 6 heteroatoms. The van der Waals surface area contributed by atoms with Crippen molar-refractivity contribution in [1.29, 1.82) is 0 Å². The Bertz CT molecular complexity index is 384. The van der Waals surface area contributed by atoms with E-state index in [1.165, 1.54) is 11.5 Å². The van der Waals surface area contributed by atoms with Gasteiger partial charge in [-0.15, -0.1) is 0 Å². The maximum Gasteiger partial charge on any atom is 0.205 e. The van der Waals surface area contributed by atoms with Crippen LogP contribution in [0.2, 0.25) is 0 Å².